The Balaban J connectivity index is 3.88. The van der Waals surface area contributed by atoms with E-state index in [1.165, 1.54) is 14.2 Å². The summed E-state index contributed by atoms with van der Waals surface area (Å²) in [5, 5.41) is 0. The Morgan fingerprint density at radius 1 is 1.27 bits per heavy atom. The van der Waals surface area contributed by atoms with Crippen molar-refractivity contribution in [1.29, 1.82) is 0 Å². The van der Waals surface area contributed by atoms with Crippen LogP contribution in [-0.4, -0.2) is 20.2 Å². The maximum Gasteiger partial charge on any atom is 0.310 e. The lowest BCUT2D eigenvalue weighted by molar-refractivity contribution is -0.139. The number of allylic oxidation sites excluding steroid dienone is 1. The van der Waals surface area contributed by atoms with Crippen molar-refractivity contribution in [3.8, 4) is 0 Å². The average Bonchev–Trinajstić information content (AvgIpc) is 2.02. The summed E-state index contributed by atoms with van der Waals surface area (Å²) in [7, 11) is 2.80. The molecule has 0 bridgehead atoms. The molecule has 62 valence electrons. The van der Waals surface area contributed by atoms with Crippen molar-refractivity contribution in [3.05, 3.63) is 24.5 Å². The van der Waals surface area contributed by atoms with Gasteiger partial charge in [-0.1, -0.05) is 13.2 Å². The van der Waals surface area contributed by atoms with Crippen molar-refractivity contribution in [2.24, 2.45) is 0 Å². The molecule has 0 aromatic rings. The van der Waals surface area contributed by atoms with Crippen LogP contribution < -0.4 is 0 Å². The summed E-state index contributed by atoms with van der Waals surface area (Å²) < 4.78 is 9.17. The van der Waals surface area contributed by atoms with E-state index >= 15 is 0 Å². The Morgan fingerprint density at radius 2 is 1.82 bits per heavy atom. The van der Waals surface area contributed by atoms with E-state index < -0.39 is 0 Å². The summed E-state index contributed by atoms with van der Waals surface area (Å²) in [4.78, 5) is 10.7. The summed E-state index contributed by atoms with van der Waals surface area (Å²) in [6.45, 7) is 7.12. The highest BCUT2D eigenvalue weighted by Gasteiger charge is 2.06. The summed E-state index contributed by atoms with van der Waals surface area (Å²) in [6.07, 6.45) is 0.128. The lowest BCUT2D eigenvalue weighted by Crippen LogP contribution is -2.02. The first-order valence-corrected chi connectivity index (χ1v) is 3.09. The topological polar surface area (TPSA) is 35.5 Å². The van der Waals surface area contributed by atoms with Gasteiger partial charge in [0, 0.05) is 0 Å². The Kier molecular flexibility index (Phi) is 4.03. The molecule has 3 nitrogen and oxygen atoms in total. The van der Waals surface area contributed by atoms with Gasteiger partial charge in [-0.25, -0.2) is 0 Å². The van der Waals surface area contributed by atoms with Crippen LogP contribution in [0.4, 0.5) is 0 Å². The number of hydrogen-bond acceptors (Lipinski definition) is 3. The van der Waals surface area contributed by atoms with Crippen molar-refractivity contribution < 1.29 is 14.3 Å². The first-order chi connectivity index (χ1) is 5.11. The molecule has 0 amide bonds. The van der Waals surface area contributed by atoms with E-state index in [-0.39, 0.29) is 12.4 Å². The maximum absolute atomic E-state index is 10.7. The van der Waals surface area contributed by atoms with Gasteiger partial charge in [0.15, 0.2) is 0 Å². The van der Waals surface area contributed by atoms with E-state index in [4.69, 9.17) is 4.74 Å². The predicted molar refractivity (Wildman–Crippen MR) is 41.9 cm³/mol. The SMILES string of the molecule is C=C(CC(=O)OC)C(=C)OC. The third-order valence-corrected chi connectivity index (χ3v) is 1.23. The molecular formula is C8H12O3. The highest BCUT2D eigenvalue weighted by atomic mass is 16.5. The summed E-state index contributed by atoms with van der Waals surface area (Å²) in [5.74, 6) is 0.0728. The van der Waals surface area contributed by atoms with Gasteiger partial charge in [-0.3, -0.25) is 4.79 Å². The van der Waals surface area contributed by atoms with Crippen LogP contribution in [0.1, 0.15) is 6.42 Å². The van der Waals surface area contributed by atoms with E-state index in [0.717, 1.165) is 0 Å². The van der Waals surface area contributed by atoms with Crippen molar-refractivity contribution in [2.45, 2.75) is 6.42 Å². The van der Waals surface area contributed by atoms with Crippen LogP contribution in [0.3, 0.4) is 0 Å². The van der Waals surface area contributed by atoms with Gasteiger partial charge in [0.05, 0.1) is 20.6 Å². The van der Waals surface area contributed by atoms with Gasteiger partial charge < -0.3 is 9.47 Å². The fourth-order valence-electron chi connectivity index (χ4n) is 0.489. The Labute approximate surface area is 66.3 Å². The molecule has 0 aromatic carbocycles. The molecule has 0 unspecified atom stereocenters. The molecule has 3 heteroatoms. The zero-order chi connectivity index (χ0) is 8.85. The van der Waals surface area contributed by atoms with Gasteiger partial charge in [-0.2, -0.15) is 0 Å². The zero-order valence-electron chi connectivity index (χ0n) is 6.85. The van der Waals surface area contributed by atoms with E-state index in [2.05, 4.69) is 17.9 Å². The average molecular weight is 156 g/mol. The van der Waals surface area contributed by atoms with Crippen LogP contribution in [0.5, 0.6) is 0 Å². The molecule has 0 heterocycles. The smallest absolute Gasteiger partial charge is 0.310 e. The van der Waals surface area contributed by atoms with E-state index in [1.807, 2.05) is 0 Å². The van der Waals surface area contributed by atoms with Gasteiger partial charge in [0.2, 0.25) is 0 Å². The number of esters is 1. The van der Waals surface area contributed by atoms with E-state index in [1.54, 1.807) is 0 Å². The van der Waals surface area contributed by atoms with Gasteiger partial charge in [-0.15, -0.1) is 0 Å². The van der Waals surface area contributed by atoms with E-state index in [0.29, 0.717) is 11.3 Å². The van der Waals surface area contributed by atoms with Gasteiger partial charge >= 0.3 is 5.97 Å². The minimum Gasteiger partial charge on any atom is -0.497 e. The first-order valence-electron chi connectivity index (χ1n) is 3.09. The molecule has 0 saturated carbocycles. The molecule has 0 saturated heterocycles. The van der Waals surface area contributed by atoms with Crippen LogP contribution in [0.25, 0.3) is 0 Å². The Hall–Kier alpha value is -1.25. The number of carbonyl (C=O) groups is 1. The van der Waals surface area contributed by atoms with Crippen molar-refractivity contribution in [1.82, 2.24) is 0 Å². The fourth-order valence-corrected chi connectivity index (χ4v) is 0.489. The van der Waals surface area contributed by atoms with Crippen LogP contribution in [0, 0.1) is 0 Å². The number of methoxy groups -OCH3 is 2. The molecule has 0 aliphatic carbocycles. The van der Waals surface area contributed by atoms with Crippen molar-refractivity contribution in [3.63, 3.8) is 0 Å². The third-order valence-electron chi connectivity index (χ3n) is 1.23. The van der Waals surface area contributed by atoms with Gasteiger partial charge in [0.1, 0.15) is 5.76 Å². The quantitative estimate of drug-likeness (QED) is 0.349. The first kappa shape index (κ1) is 9.75. The summed E-state index contributed by atoms with van der Waals surface area (Å²) >= 11 is 0. The molecule has 0 radical (unpaired) electrons. The van der Waals surface area contributed by atoms with Crippen molar-refractivity contribution in [2.75, 3.05) is 14.2 Å². The maximum atomic E-state index is 10.7. The van der Waals surface area contributed by atoms with Crippen LogP contribution >= 0.6 is 0 Å². The normalized spacial score (nSPS) is 8.55. The van der Waals surface area contributed by atoms with Crippen LogP contribution in [0.2, 0.25) is 0 Å². The fraction of sp³-hybridized carbons (Fsp3) is 0.375. The molecule has 0 atom stereocenters. The second-order valence-electron chi connectivity index (χ2n) is 1.98. The summed E-state index contributed by atoms with van der Waals surface area (Å²) in [6, 6.07) is 0. The molecule has 0 aliphatic heterocycles. The second kappa shape index (κ2) is 4.55. The molecule has 0 aliphatic rings. The summed E-state index contributed by atoms with van der Waals surface area (Å²) in [5.41, 5.74) is 0.541. The van der Waals surface area contributed by atoms with Gasteiger partial charge in [0.25, 0.3) is 0 Å². The number of carbonyl (C=O) groups excluding carboxylic acids is 1. The lowest BCUT2D eigenvalue weighted by atomic mass is 10.2. The molecule has 0 aromatic heterocycles. The molecule has 11 heavy (non-hydrogen) atoms. The molecule has 0 fully saturated rings. The zero-order valence-corrected chi connectivity index (χ0v) is 6.85. The molecule has 0 rings (SSSR count). The second-order valence-corrected chi connectivity index (χ2v) is 1.98. The number of rotatable bonds is 4. The highest BCUT2D eigenvalue weighted by Crippen LogP contribution is 2.10. The van der Waals surface area contributed by atoms with Gasteiger partial charge in [-0.05, 0) is 5.57 Å². The minimum atomic E-state index is -0.340. The lowest BCUT2D eigenvalue weighted by Gasteiger charge is -2.05. The van der Waals surface area contributed by atoms with Crippen LogP contribution in [0.15, 0.2) is 24.5 Å². The monoisotopic (exact) mass is 156 g/mol. The Bertz CT molecular complexity index is 182. The standard InChI is InChI=1S/C8H12O3/c1-6(7(2)10-3)5-8(9)11-4/h1-2,5H2,3-4H3. The highest BCUT2D eigenvalue weighted by molar-refractivity contribution is 5.73. The minimum absolute atomic E-state index is 0.128. The van der Waals surface area contributed by atoms with Crippen LogP contribution in [-0.2, 0) is 14.3 Å². The molecule has 0 N–H and O–H groups in total. The predicted octanol–water partition coefficient (Wildman–Crippen LogP) is 1.27. The van der Waals surface area contributed by atoms with E-state index in [9.17, 15) is 4.79 Å². The third kappa shape index (κ3) is 3.45. The number of hydrogen-bond donors (Lipinski definition) is 0. The Morgan fingerprint density at radius 3 is 2.18 bits per heavy atom. The largest absolute Gasteiger partial charge is 0.497 e. The van der Waals surface area contributed by atoms with Crippen molar-refractivity contribution >= 4 is 5.97 Å². The molecule has 0 spiro atoms. The molecular weight excluding hydrogens is 144 g/mol. The number of ether oxygens (including phenoxy) is 2.